The normalized spacial score (nSPS) is 14.7. The topological polar surface area (TPSA) is 55.9 Å². The summed E-state index contributed by atoms with van der Waals surface area (Å²) in [4.78, 5) is 29.1. The quantitative estimate of drug-likeness (QED) is 0.900. The van der Waals surface area contributed by atoms with Gasteiger partial charge in [0, 0.05) is 46.8 Å². The van der Waals surface area contributed by atoms with Gasteiger partial charge in [0.1, 0.15) is 0 Å². The largest absolute Gasteiger partial charge is 0.334 e. The SMILES string of the molecule is Cc1cccc(CNC(=O)N2CCN(C(=O)N(C)C)CC2)c1. The molecular weight excluding hydrogens is 280 g/mol. The van der Waals surface area contributed by atoms with Crippen molar-refractivity contribution in [1.29, 1.82) is 0 Å². The summed E-state index contributed by atoms with van der Waals surface area (Å²) in [6, 6.07) is 8.02. The van der Waals surface area contributed by atoms with Crippen molar-refractivity contribution < 1.29 is 9.59 Å². The Kier molecular flexibility index (Phi) is 5.25. The van der Waals surface area contributed by atoms with Gasteiger partial charge in [-0.05, 0) is 12.5 Å². The maximum atomic E-state index is 12.2. The summed E-state index contributed by atoms with van der Waals surface area (Å²) in [5, 5.41) is 2.94. The molecular formula is C16H24N4O2. The van der Waals surface area contributed by atoms with Gasteiger partial charge in [0.05, 0.1) is 0 Å². The summed E-state index contributed by atoms with van der Waals surface area (Å²) in [5.41, 5.74) is 2.28. The summed E-state index contributed by atoms with van der Waals surface area (Å²) in [6.45, 7) is 4.85. The number of nitrogens with zero attached hydrogens (tertiary/aromatic N) is 3. The van der Waals surface area contributed by atoms with Crippen molar-refractivity contribution in [3.8, 4) is 0 Å². The van der Waals surface area contributed by atoms with Crippen molar-refractivity contribution in [2.75, 3.05) is 40.3 Å². The predicted octanol–water partition coefficient (Wildman–Crippen LogP) is 1.50. The van der Waals surface area contributed by atoms with Gasteiger partial charge in [0.15, 0.2) is 0 Å². The fraction of sp³-hybridized carbons (Fsp3) is 0.500. The van der Waals surface area contributed by atoms with Gasteiger partial charge in [-0.2, -0.15) is 0 Å². The van der Waals surface area contributed by atoms with E-state index >= 15 is 0 Å². The first-order valence-corrected chi connectivity index (χ1v) is 7.52. The van der Waals surface area contributed by atoms with Gasteiger partial charge in [0.2, 0.25) is 0 Å². The van der Waals surface area contributed by atoms with Crippen molar-refractivity contribution >= 4 is 12.1 Å². The second-order valence-electron chi connectivity index (χ2n) is 5.80. The van der Waals surface area contributed by atoms with Crippen molar-refractivity contribution in [2.45, 2.75) is 13.5 Å². The van der Waals surface area contributed by atoms with Crippen LogP contribution in [0.25, 0.3) is 0 Å². The van der Waals surface area contributed by atoms with E-state index in [9.17, 15) is 9.59 Å². The summed E-state index contributed by atoms with van der Waals surface area (Å²) in [6.07, 6.45) is 0. The van der Waals surface area contributed by atoms with E-state index < -0.39 is 0 Å². The summed E-state index contributed by atoms with van der Waals surface area (Å²) < 4.78 is 0. The molecule has 0 radical (unpaired) electrons. The molecule has 0 saturated carbocycles. The first-order valence-electron chi connectivity index (χ1n) is 7.52. The molecule has 4 amide bonds. The molecule has 1 aromatic rings. The molecule has 22 heavy (non-hydrogen) atoms. The molecule has 1 aliphatic rings. The Bertz CT molecular complexity index is 537. The summed E-state index contributed by atoms with van der Waals surface area (Å²) >= 11 is 0. The maximum absolute atomic E-state index is 12.2. The average molecular weight is 304 g/mol. The number of carbonyl (C=O) groups is 2. The lowest BCUT2D eigenvalue weighted by atomic mass is 10.1. The van der Waals surface area contributed by atoms with Gasteiger partial charge in [-0.15, -0.1) is 0 Å². The number of nitrogens with one attached hydrogen (secondary N) is 1. The monoisotopic (exact) mass is 304 g/mol. The third kappa shape index (κ3) is 4.13. The second kappa shape index (κ2) is 7.15. The highest BCUT2D eigenvalue weighted by molar-refractivity contribution is 5.76. The van der Waals surface area contributed by atoms with Crippen LogP contribution in [0.1, 0.15) is 11.1 Å². The molecule has 1 fully saturated rings. The highest BCUT2D eigenvalue weighted by atomic mass is 16.2. The smallest absolute Gasteiger partial charge is 0.319 e. The Labute approximate surface area is 131 Å². The van der Waals surface area contributed by atoms with Gasteiger partial charge in [-0.1, -0.05) is 29.8 Å². The molecule has 120 valence electrons. The molecule has 2 rings (SSSR count). The van der Waals surface area contributed by atoms with Gasteiger partial charge in [0.25, 0.3) is 0 Å². The highest BCUT2D eigenvalue weighted by Gasteiger charge is 2.24. The Morgan fingerprint density at radius 2 is 1.77 bits per heavy atom. The highest BCUT2D eigenvalue weighted by Crippen LogP contribution is 2.06. The van der Waals surface area contributed by atoms with Crippen LogP contribution in [0.5, 0.6) is 0 Å². The van der Waals surface area contributed by atoms with Crippen LogP contribution < -0.4 is 5.32 Å². The number of benzene rings is 1. The van der Waals surface area contributed by atoms with Crippen LogP contribution in [0.4, 0.5) is 9.59 Å². The van der Waals surface area contributed by atoms with E-state index in [4.69, 9.17) is 0 Å². The minimum absolute atomic E-state index is 0.000168. The van der Waals surface area contributed by atoms with Crippen LogP contribution in [0.15, 0.2) is 24.3 Å². The van der Waals surface area contributed by atoms with E-state index in [2.05, 4.69) is 11.4 Å². The summed E-state index contributed by atoms with van der Waals surface area (Å²) in [5.74, 6) is 0. The number of urea groups is 2. The lowest BCUT2D eigenvalue weighted by Gasteiger charge is -2.35. The van der Waals surface area contributed by atoms with Gasteiger partial charge < -0.3 is 20.0 Å². The lowest BCUT2D eigenvalue weighted by Crippen LogP contribution is -2.54. The van der Waals surface area contributed by atoms with E-state index in [1.54, 1.807) is 28.8 Å². The van der Waals surface area contributed by atoms with E-state index in [-0.39, 0.29) is 12.1 Å². The molecule has 1 saturated heterocycles. The van der Waals surface area contributed by atoms with Crippen LogP contribution >= 0.6 is 0 Å². The predicted molar refractivity (Wildman–Crippen MR) is 85.6 cm³/mol. The van der Waals surface area contributed by atoms with Crippen LogP contribution in [-0.4, -0.2) is 67.0 Å². The Morgan fingerprint density at radius 1 is 1.14 bits per heavy atom. The molecule has 6 nitrogen and oxygen atoms in total. The van der Waals surface area contributed by atoms with Crippen LogP contribution in [0.3, 0.4) is 0 Å². The van der Waals surface area contributed by atoms with Crippen LogP contribution in [0, 0.1) is 6.92 Å². The molecule has 1 N–H and O–H groups in total. The Morgan fingerprint density at radius 3 is 2.36 bits per heavy atom. The second-order valence-corrected chi connectivity index (χ2v) is 5.80. The Balaban J connectivity index is 1.79. The molecule has 0 unspecified atom stereocenters. The van der Waals surface area contributed by atoms with E-state index in [0.29, 0.717) is 32.7 Å². The first-order chi connectivity index (χ1) is 10.5. The molecule has 0 spiro atoms. The standard InChI is InChI=1S/C16H24N4O2/c1-13-5-4-6-14(11-13)12-17-15(21)19-7-9-20(10-8-19)16(22)18(2)3/h4-6,11H,7-10,12H2,1-3H3,(H,17,21). The number of piperazine rings is 1. The van der Waals surface area contributed by atoms with Gasteiger partial charge in [-0.25, -0.2) is 9.59 Å². The number of aryl methyl sites for hydroxylation is 1. The fourth-order valence-corrected chi connectivity index (χ4v) is 2.50. The number of amides is 4. The number of hydrogen-bond acceptors (Lipinski definition) is 2. The lowest BCUT2D eigenvalue weighted by molar-refractivity contribution is 0.128. The van der Waals surface area contributed by atoms with Crippen molar-refractivity contribution in [2.24, 2.45) is 0 Å². The number of rotatable bonds is 2. The zero-order valence-corrected chi connectivity index (χ0v) is 13.5. The number of hydrogen-bond donors (Lipinski definition) is 1. The first kappa shape index (κ1) is 16.1. The third-order valence-corrected chi connectivity index (χ3v) is 3.75. The van der Waals surface area contributed by atoms with Crippen molar-refractivity contribution in [3.63, 3.8) is 0 Å². The zero-order chi connectivity index (χ0) is 16.1. The molecule has 1 heterocycles. The van der Waals surface area contributed by atoms with E-state index in [1.807, 2.05) is 25.1 Å². The van der Waals surface area contributed by atoms with Crippen molar-refractivity contribution in [1.82, 2.24) is 20.0 Å². The molecule has 0 aliphatic carbocycles. The zero-order valence-electron chi connectivity index (χ0n) is 13.5. The van der Waals surface area contributed by atoms with Crippen molar-refractivity contribution in [3.05, 3.63) is 35.4 Å². The minimum Gasteiger partial charge on any atom is -0.334 e. The molecule has 1 aromatic carbocycles. The van der Waals surface area contributed by atoms with E-state index in [0.717, 1.165) is 5.56 Å². The maximum Gasteiger partial charge on any atom is 0.319 e. The molecule has 1 aliphatic heterocycles. The van der Waals surface area contributed by atoms with E-state index in [1.165, 1.54) is 5.56 Å². The fourth-order valence-electron chi connectivity index (χ4n) is 2.50. The molecule has 6 heteroatoms. The third-order valence-electron chi connectivity index (χ3n) is 3.75. The molecule has 0 atom stereocenters. The van der Waals surface area contributed by atoms with Crippen LogP contribution in [-0.2, 0) is 6.54 Å². The average Bonchev–Trinajstić information content (AvgIpc) is 2.52. The molecule has 0 bridgehead atoms. The number of carbonyl (C=O) groups excluding carboxylic acids is 2. The van der Waals surface area contributed by atoms with Gasteiger partial charge in [-0.3, -0.25) is 0 Å². The van der Waals surface area contributed by atoms with Gasteiger partial charge >= 0.3 is 12.1 Å². The minimum atomic E-state index is -0.0709. The Hall–Kier alpha value is -2.24. The molecule has 0 aromatic heterocycles. The summed E-state index contributed by atoms with van der Waals surface area (Å²) in [7, 11) is 3.48. The van der Waals surface area contributed by atoms with Crippen LogP contribution in [0.2, 0.25) is 0 Å².